The Morgan fingerprint density at radius 2 is 2.31 bits per heavy atom. The molecule has 1 aromatic rings. The number of hydrogen-bond acceptors (Lipinski definition) is 4. The fourth-order valence-corrected chi connectivity index (χ4v) is 1.87. The molecule has 4 N–H and O–H groups in total. The van der Waals surface area contributed by atoms with Crippen molar-refractivity contribution < 1.29 is 4.79 Å². The molecular weight excluding hydrogens is 204 g/mol. The van der Waals surface area contributed by atoms with Gasteiger partial charge in [-0.05, 0) is 32.3 Å². The van der Waals surface area contributed by atoms with E-state index in [0.717, 1.165) is 12.8 Å². The molecule has 0 radical (unpaired) electrons. The van der Waals surface area contributed by atoms with Gasteiger partial charge in [-0.25, -0.2) is 0 Å². The molecule has 2 rings (SSSR count). The van der Waals surface area contributed by atoms with Gasteiger partial charge in [-0.15, -0.1) is 0 Å². The summed E-state index contributed by atoms with van der Waals surface area (Å²) in [5.41, 5.74) is 3.52. The van der Waals surface area contributed by atoms with Gasteiger partial charge < -0.3 is 10.7 Å². The highest BCUT2D eigenvalue weighted by Gasteiger charge is 2.33. The van der Waals surface area contributed by atoms with Crippen LogP contribution in [0.1, 0.15) is 36.5 Å². The smallest absolute Gasteiger partial charge is 0.255 e. The van der Waals surface area contributed by atoms with Crippen molar-refractivity contribution in [2.45, 2.75) is 31.7 Å². The van der Waals surface area contributed by atoms with Crippen molar-refractivity contribution in [3.63, 3.8) is 0 Å². The largest absolute Gasteiger partial charge is 0.347 e. The summed E-state index contributed by atoms with van der Waals surface area (Å²) in [4.78, 5) is 15.9. The van der Waals surface area contributed by atoms with E-state index in [1.54, 1.807) is 12.3 Å². The lowest BCUT2D eigenvalue weighted by molar-refractivity contribution is 0.0851. The minimum atomic E-state index is -0.122. The number of carbonyl (C=O) groups is 1. The quantitative estimate of drug-likeness (QED) is 0.525. The maximum absolute atomic E-state index is 12.0. The third-order valence-corrected chi connectivity index (χ3v) is 3.09. The molecule has 0 aliphatic heterocycles. The number of aromatic nitrogens is 1. The van der Waals surface area contributed by atoms with Gasteiger partial charge in [0.1, 0.15) is 0 Å². The van der Waals surface area contributed by atoms with Crippen molar-refractivity contribution in [2.24, 2.45) is 5.84 Å². The molecular formula is C11H16N4O. The highest BCUT2D eigenvalue weighted by atomic mass is 16.1. The number of carbonyl (C=O) groups excluding carboxylic acids is 1. The first-order valence-electron chi connectivity index (χ1n) is 5.38. The van der Waals surface area contributed by atoms with Gasteiger partial charge in [-0.2, -0.15) is 0 Å². The third-order valence-electron chi connectivity index (χ3n) is 3.09. The van der Waals surface area contributed by atoms with Crippen LogP contribution in [0.2, 0.25) is 0 Å². The summed E-state index contributed by atoms with van der Waals surface area (Å²) in [6, 6.07) is 1.68. The SMILES string of the molecule is CC1(NC(=O)c2cnccc2NN)CCC1. The zero-order valence-electron chi connectivity index (χ0n) is 9.29. The van der Waals surface area contributed by atoms with Gasteiger partial charge in [0.05, 0.1) is 11.3 Å². The zero-order valence-corrected chi connectivity index (χ0v) is 9.29. The molecule has 0 bridgehead atoms. The minimum Gasteiger partial charge on any atom is -0.347 e. The van der Waals surface area contributed by atoms with Crippen LogP contribution in [0.5, 0.6) is 0 Å². The summed E-state index contributed by atoms with van der Waals surface area (Å²) in [6.07, 6.45) is 6.35. The molecule has 1 saturated carbocycles. The molecule has 1 heterocycles. The van der Waals surface area contributed by atoms with E-state index in [2.05, 4.69) is 22.7 Å². The Morgan fingerprint density at radius 1 is 1.56 bits per heavy atom. The highest BCUT2D eigenvalue weighted by molar-refractivity contribution is 5.99. The van der Waals surface area contributed by atoms with E-state index < -0.39 is 0 Å². The number of hydrogen-bond donors (Lipinski definition) is 3. The summed E-state index contributed by atoms with van der Waals surface area (Å²) < 4.78 is 0. The molecule has 0 spiro atoms. The van der Waals surface area contributed by atoms with Crippen LogP contribution in [0, 0.1) is 0 Å². The summed E-state index contributed by atoms with van der Waals surface area (Å²) in [5, 5.41) is 3.01. The van der Waals surface area contributed by atoms with Crippen molar-refractivity contribution in [1.29, 1.82) is 0 Å². The van der Waals surface area contributed by atoms with Gasteiger partial charge in [-0.3, -0.25) is 15.6 Å². The van der Waals surface area contributed by atoms with Crippen molar-refractivity contribution in [3.8, 4) is 0 Å². The van der Waals surface area contributed by atoms with Gasteiger partial charge >= 0.3 is 0 Å². The molecule has 1 aliphatic rings. The standard InChI is InChI=1S/C11H16N4O/c1-11(4-2-5-11)14-10(16)8-7-13-6-3-9(8)15-12/h3,6-7H,2,4-5,12H2,1H3,(H,13,15)(H,14,16). The second-order valence-corrected chi connectivity index (χ2v) is 4.43. The molecule has 1 aliphatic carbocycles. The summed E-state index contributed by atoms with van der Waals surface area (Å²) in [6.45, 7) is 2.06. The number of anilines is 1. The van der Waals surface area contributed by atoms with Crippen molar-refractivity contribution in [2.75, 3.05) is 5.43 Å². The van der Waals surface area contributed by atoms with Crippen molar-refractivity contribution >= 4 is 11.6 Å². The van der Waals surface area contributed by atoms with E-state index in [1.165, 1.54) is 12.6 Å². The van der Waals surface area contributed by atoms with Gasteiger partial charge in [0.15, 0.2) is 0 Å². The fourth-order valence-electron chi connectivity index (χ4n) is 1.87. The van der Waals surface area contributed by atoms with Crippen LogP contribution >= 0.6 is 0 Å². The van der Waals surface area contributed by atoms with Crippen LogP contribution in [0.25, 0.3) is 0 Å². The molecule has 0 atom stereocenters. The third kappa shape index (κ3) is 1.99. The number of nitrogens with two attached hydrogens (primary N) is 1. The first-order valence-corrected chi connectivity index (χ1v) is 5.38. The summed E-state index contributed by atoms with van der Waals surface area (Å²) in [5.74, 6) is 5.22. The average molecular weight is 220 g/mol. The minimum absolute atomic E-state index is 0.0568. The second-order valence-electron chi connectivity index (χ2n) is 4.43. The number of nitrogens with zero attached hydrogens (tertiary/aromatic N) is 1. The second kappa shape index (κ2) is 4.09. The summed E-state index contributed by atoms with van der Waals surface area (Å²) >= 11 is 0. The number of nitrogen functional groups attached to an aromatic ring is 1. The molecule has 0 saturated heterocycles. The number of nitrogens with one attached hydrogen (secondary N) is 2. The predicted octanol–water partition coefficient (Wildman–Crippen LogP) is 1.04. The number of rotatable bonds is 3. The van der Waals surface area contributed by atoms with Crippen molar-refractivity contribution in [3.05, 3.63) is 24.0 Å². The normalized spacial score (nSPS) is 17.4. The summed E-state index contributed by atoms with van der Waals surface area (Å²) in [7, 11) is 0. The topological polar surface area (TPSA) is 80.0 Å². The molecule has 1 aromatic heterocycles. The van der Waals surface area contributed by atoms with Crippen molar-refractivity contribution in [1.82, 2.24) is 10.3 Å². The Labute approximate surface area is 94.4 Å². The van der Waals surface area contributed by atoms with Gasteiger partial charge in [-0.1, -0.05) is 0 Å². The molecule has 1 fully saturated rings. The molecule has 5 nitrogen and oxygen atoms in total. The van der Waals surface area contributed by atoms with Gasteiger partial charge in [0.2, 0.25) is 0 Å². The highest BCUT2D eigenvalue weighted by Crippen LogP contribution is 2.31. The molecule has 0 unspecified atom stereocenters. The lowest BCUT2D eigenvalue weighted by atomic mass is 9.78. The number of amides is 1. The van der Waals surface area contributed by atoms with Crippen LogP contribution in [-0.2, 0) is 0 Å². The lowest BCUT2D eigenvalue weighted by Gasteiger charge is -2.39. The monoisotopic (exact) mass is 220 g/mol. The van der Waals surface area contributed by atoms with E-state index in [9.17, 15) is 4.79 Å². The molecule has 5 heteroatoms. The zero-order chi connectivity index (χ0) is 11.6. The number of hydrazine groups is 1. The van der Waals surface area contributed by atoms with Gasteiger partial charge in [0, 0.05) is 17.9 Å². The average Bonchev–Trinajstić information content (AvgIpc) is 2.26. The van der Waals surface area contributed by atoms with Crippen LogP contribution in [0.15, 0.2) is 18.5 Å². The van der Waals surface area contributed by atoms with Crippen LogP contribution in [0.3, 0.4) is 0 Å². The Bertz CT molecular complexity index is 401. The maximum Gasteiger partial charge on any atom is 0.255 e. The molecule has 1 amide bonds. The predicted molar refractivity (Wildman–Crippen MR) is 61.8 cm³/mol. The maximum atomic E-state index is 12.0. The van der Waals surface area contributed by atoms with E-state index in [0.29, 0.717) is 11.3 Å². The fraction of sp³-hybridized carbons (Fsp3) is 0.455. The van der Waals surface area contributed by atoms with Crippen LogP contribution in [-0.4, -0.2) is 16.4 Å². The van der Waals surface area contributed by atoms with E-state index in [4.69, 9.17) is 5.84 Å². The van der Waals surface area contributed by atoms with Crippen LogP contribution < -0.4 is 16.6 Å². The Balaban J connectivity index is 2.14. The van der Waals surface area contributed by atoms with E-state index in [-0.39, 0.29) is 11.4 Å². The molecule has 86 valence electrons. The first kappa shape index (κ1) is 10.9. The van der Waals surface area contributed by atoms with Gasteiger partial charge in [0.25, 0.3) is 5.91 Å². The number of pyridine rings is 1. The Hall–Kier alpha value is -1.62. The Kier molecular flexibility index (Phi) is 2.78. The van der Waals surface area contributed by atoms with E-state index in [1.807, 2.05) is 0 Å². The molecule has 16 heavy (non-hydrogen) atoms. The lowest BCUT2D eigenvalue weighted by Crippen LogP contribution is -2.51. The molecule has 0 aromatic carbocycles. The Morgan fingerprint density at radius 3 is 2.88 bits per heavy atom. The first-order chi connectivity index (χ1) is 7.64. The van der Waals surface area contributed by atoms with E-state index >= 15 is 0 Å². The van der Waals surface area contributed by atoms with Crippen LogP contribution in [0.4, 0.5) is 5.69 Å².